The lowest BCUT2D eigenvalue weighted by Gasteiger charge is -2.48. The molecule has 0 spiro atoms. The Bertz CT molecular complexity index is 2180. The summed E-state index contributed by atoms with van der Waals surface area (Å²) in [5.41, 5.74) is 2.66. The molecule has 0 unspecified atom stereocenters. The molecule has 0 aromatic heterocycles. The van der Waals surface area contributed by atoms with E-state index in [-0.39, 0.29) is 32.0 Å². The Morgan fingerprint density at radius 2 is 1.29 bits per heavy atom. The van der Waals surface area contributed by atoms with Gasteiger partial charge in [-0.3, -0.25) is 0 Å². The molecule has 2 amide bonds. The Morgan fingerprint density at radius 3 is 1.91 bits per heavy atom. The maximum absolute atomic E-state index is 13.9. The first-order valence-corrected chi connectivity index (χ1v) is 23.9. The van der Waals surface area contributed by atoms with Gasteiger partial charge in [0.2, 0.25) is 3.79 Å². The molecule has 6 rings (SSSR count). The Balaban J connectivity index is 1.21. The number of benzene rings is 4. The molecule has 2 fully saturated rings. The van der Waals surface area contributed by atoms with E-state index in [9.17, 15) is 24.6 Å². The summed E-state index contributed by atoms with van der Waals surface area (Å²) >= 11 is 17.7. The molecule has 0 saturated carbocycles. The Morgan fingerprint density at radius 1 is 0.671 bits per heavy atom. The normalized spacial score (nSPS) is 24.5. The summed E-state index contributed by atoms with van der Waals surface area (Å²) in [6.07, 6.45) is -11.4. The van der Waals surface area contributed by atoms with Gasteiger partial charge in [0.05, 0.1) is 38.6 Å². The van der Waals surface area contributed by atoms with Gasteiger partial charge in [-0.1, -0.05) is 126 Å². The number of ether oxygens (including phenoxy) is 10. The van der Waals surface area contributed by atoms with E-state index in [4.69, 9.17) is 82.2 Å². The minimum absolute atomic E-state index is 0.0487. The highest BCUT2D eigenvalue weighted by Crippen LogP contribution is 2.34. The van der Waals surface area contributed by atoms with E-state index in [0.717, 1.165) is 16.7 Å². The molecule has 2 saturated heterocycles. The van der Waals surface area contributed by atoms with Crippen molar-refractivity contribution >= 4 is 53.0 Å². The number of aliphatic hydroxyl groups excluding tert-OH is 2. The second kappa shape index (κ2) is 27.7. The van der Waals surface area contributed by atoms with Crippen LogP contribution in [0, 0.1) is 0 Å². The van der Waals surface area contributed by atoms with Crippen molar-refractivity contribution in [1.29, 1.82) is 0 Å². The molecule has 2 aliphatic rings. The van der Waals surface area contributed by atoms with Crippen molar-refractivity contribution in [3.63, 3.8) is 0 Å². The van der Waals surface area contributed by atoms with E-state index in [1.54, 1.807) is 44.4 Å². The van der Waals surface area contributed by atoms with Crippen molar-refractivity contribution < 1.29 is 72.0 Å². The number of unbranched alkanes of at least 4 members (excludes halogenated alkanes) is 2. The van der Waals surface area contributed by atoms with Crippen LogP contribution in [-0.2, 0) is 62.5 Å². The van der Waals surface area contributed by atoms with Gasteiger partial charge >= 0.3 is 18.2 Å². The molecular weight excluding hydrogens is 975 g/mol. The molecule has 0 aliphatic carbocycles. The van der Waals surface area contributed by atoms with Gasteiger partial charge in [-0.05, 0) is 67.1 Å². The highest BCUT2D eigenvalue weighted by atomic mass is 35.6. The van der Waals surface area contributed by atoms with Crippen LogP contribution < -0.4 is 15.4 Å². The van der Waals surface area contributed by atoms with Gasteiger partial charge in [0.1, 0.15) is 55.5 Å². The van der Waals surface area contributed by atoms with Crippen LogP contribution in [0.3, 0.4) is 0 Å². The molecular formula is C50H59Cl3N2O15. The maximum Gasteiger partial charge on any atom is 0.407 e. The summed E-state index contributed by atoms with van der Waals surface area (Å²) in [5.74, 6) is -0.180. The fourth-order valence-corrected chi connectivity index (χ4v) is 7.83. The van der Waals surface area contributed by atoms with Crippen LogP contribution in [0.25, 0.3) is 0 Å². The Labute approximate surface area is 421 Å². The first-order chi connectivity index (χ1) is 33.8. The molecule has 2 heterocycles. The first kappa shape index (κ1) is 54.6. The molecule has 4 N–H and O–H groups in total. The van der Waals surface area contributed by atoms with E-state index in [1.165, 1.54) is 12.1 Å². The van der Waals surface area contributed by atoms with Crippen molar-refractivity contribution in [2.45, 2.75) is 111 Å². The minimum Gasteiger partial charge on any atom is -0.497 e. The number of carbonyl (C=O) groups is 3. The molecule has 20 heteroatoms. The monoisotopic (exact) mass is 1030 g/mol. The fraction of sp³-hybridized carbons (Fsp3) is 0.460. The summed E-state index contributed by atoms with van der Waals surface area (Å²) in [7, 11) is 1.56. The second-order valence-electron chi connectivity index (χ2n) is 16.4. The van der Waals surface area contributed by atoms with E-state index >= 15 is 0 Å². The number of aliphatic hydroxyl groups is 2. The molecule has 4 aromatic rings. The Kier molecular flexibility index (Phi) is 21.6. The highest BCUT2D eigenvalue weighted by Gasteiger charge is 2.54. The standard InChI is InChI=1S/C50H59Cl3N2O15/c1-32-41(63-28-33-15-7-3-8-16-33)44(64-29-35-21-23-37(61-2)24-22-35)40(57)47(67-32)70-42-38(27-56)68-46(62-26-14-6-13-25-54-48(59)65-30-34-17-9-4-10-18-34)39(55-49(60)66-31-50(51,52)53)43(42)69-45(58)36-19-11-5-12-20-36/h3-5,7-12,15-24,32,38-44,46-47,56-57H,6,13-14,25-31H2,1-2H3,(H,54,59)(H,55,60)/t32-,38+,39+,40+,41-,42+,43+,44-,46+,47+/m0/s1. The lowest BCUT2D eigenvalue weighted by Crippen LogP contribution is -2.68. The predicted molar refractivity (Wildman–Crippen MR) is 256 cm³/mol. The molecule has 17 nitrogen and oxygen atoms in total. The number of hydrogen-bond donors (Lipinski definition) is 4. The summed E-state index contributed by atoms with van der Waals surface area (Å²) in [5, 5.41) is 28.4. The van der Waals surface area contributed by atoms with Gasteiger partial charge < -0.3 is 68.2 Å². The molecule has 2 aliphatic heterocycles. The molecule has 70 heavy (non-hydrogen) atoms. The number of esters is 1. The number of carbonyl (C=O) groups excluding carboxylic acids is 3. The topological polar surface area (TPSA) is 208 Å². The fourth-order valence-electron chi connectivity index (χ4n) is 7.67. The van der Waals surface area contributed by atoms with Gasteiger partial charge in [-0.15, -0.1) is 0 Å². The van der Waals surface area contributed by atoms with Gasteiger partial charge in [-0.25, -0.2) is 14.4 Å². The average molecular weight is 1030 g/mol. The summed E-state index contributed by atoms with van der Waals surface area (Å²) in [6, 6.07) is 32.6. The number of hydrogen-bond acceptors (Lipinski definition) is 15. The lowest BCUT2D eigenvalue weighted by molar-refractivity contribution is -0.351. The molecule has 0 bridgehead atoms. The molecule has 380 valence electrons. The third kappa shape index (κ3) is 16.9. The van der Waals surface area contributed by atoms with Crippen molar-refractivity contribution in [1.82, 2.24) is 10.6 Å². The SMILES string of the molecule is COc1ccc(CO[C@H]2[C@@H](O)[C@@H](O[C@H]3[C@H](OC(=O)c4ccccc4)[C@@H](NC(=O)OCC(Cl)(Cl)Cl)[C@H](OCCCCCNC(=O)OCc4ccccc4)O[C@@H]3CO)O[C@@H](C)[C@@H]2OCc2ccccc2)cc1. The zero-order chi connectivity index (χ0) is 49.9. The second-order valence-corrected chi connectivity index (χ2v) is 18.9. The van der Waals surface area contributed by atoms with Crippen molar-refractivity contribution in [2.75, 3.05) is 33.5 Å². The minimum atomic E-state index is -1.98. The smallest absolute Gasteiger partial charge is 0.407 e. The number of rotatable bonds is 23. The molecule has 4 aromatic carbocycles. The van der Waals surface area contributed by atoms with Crippen LogP contribution in [-0.4, -0.2) is 127 Å². The maximum atomic E-state index is 13.9. The van der Waals surface area contributed by atoms with E-state index in [2.05, 4.69) is 10.6 Å². The first-order valence-electron chi connectivity index (χ1n) is 22.8. The summed E-state index contributed by atoms with van der Waals surface area (Å²) < 4.78 is 58.2. The van der Waals surface area contributed by atoms with Crippen molar-refractivity contribution in [3.8, 4) is 5.75 Å². The zero-order valence-electron chi connectivity index (χ0n) is 38.6. The summed E-state index contributed by atoms with van der Waals surface area (Å²) in [4.78, 5) is 39.6. The van der Waals surface area contributed by atoms with Crippen molar-refractivity contribution in [3.05, 3.63) is 138 Å². The summed E-state index contributed by atoms with van der Waals surface area (Å²) in [6.45, 7) is 1.11. The predicted octanol–water partition coefficient (Wildman–Crippen LogP) is 7.18. The number of halogens is 3. The molecule has 0 radical (unpaired) electrons. The third-order valence-corrected chi connectivity index (χ3v) is 11.6. The van der Waals surface area contributed by atoms with E-state index in [0.29, 0.717) is 31.6 Å². The van der Waals surface area contributed by atoms with E-state index < -0.39 is 96.5 Å². The van der Waals surface area contributed by atoms with Crippen LogP contribution in [0.15, 0.2) is 115 Å². The van der Waals surface area contributed by atoms with Gasteiger partial charge in [0.15, 0.2) is 18.7 Å². The number of alkyl halides is 3. The third-order valence-electron chi connectivity index (χ3n) is 11.2. The Hall–Kier alpha value is -4.76. The van der Waals surface area contributed by atoms with Crippen molar-refractivity contribution in [2.24, 2.45) is 0 Å². The molecule has 10 atom stereocenters. The highest BCUT2D eigenvalue weighted by molar-refractivity contribution is 6.67. The number of methoxy groups -OCH3 is 1. The van der Waals surface area contributed by atoms with Crippen LogP contribution in [0.2, 0.25) is 0 Å². The zero-order valence-corrected chi connectivity index (χ0v) is 40.9. The van der Waals surface area contributed by atoms with Crippen LogP contribution in [0.4, 0.5) is 9.59 Å². The van der Waals surface area contributed by atoms with Crippen LogP contribution in [0.1, 0.15) is 53.2 Å². The van der Waals surface area contributed by atoms with Gasteiger partial charge in [-0.2, -0.15) is 0 Å². The van der Waals surface area contributed by atoms with Gasteiger partial charge in [0.25, 0.3) is 0 Å². The van der Waals surface area contributed by atoms with E-state index in [1.807, 2.05) is 72.8 Å². The largest absolute Gasteiger partial charge is 0.497 e. The average Bonchev–Trinajstić information content (AvgIpc) is 3.37. The lowest BCUT2D eigenvalue weighted by atomic mass is 9.95. The number of alkyl carbamates (subject to hydrolysis) is 2. The quantitative estimate of drug-likeness (QED) is 0.0251. The number of amides is 2. The number of nitrogens with one attached hydrogen (secondary N) is 2. The van der Waals surface area contributed by atoms with Crippen LogP contribution in [0.5, 0.6) is 5.75 Å². The van der Waals surface area contributed by atoms with Crippen LogP contribution >= 0.6 is 34.8 Å². The van der Waals surface area contributed by atoms with Gasteiger partial charge in [0, 0.05) is 13.2 Å².